The molecule has 0 saturated heterocycles. The fourth-order valence-corrected chi connectivity index (χ4v) is 5.14. The molecule has 0 aliphatic heterocycles. The molecule has 1 unspecified atom stereocenters. The van der Waals surface area contributed by atoms with E-state index >= 15 is 0 Å². The fraction of sp³-hybridized carbons (Fsp3) is 0.0870. The highest BCUT2D eigenvalue weighted by Crippen LogP contribution is 2.35. The third-order valence-corrected chi connectivity index (χ3v) is 7.16. The summed E-state index contributed by atoms with van der Waals surface area (Å²) in [5.74, 6) is 0.359. The minimum Gasteiger partial charge on any atom is -0.438 e. The highest BCUT2D eigenvalue weighted by atomic mass is 127. The number of nitrogens with two attached hydrogens (primary N) is 1. The molecule has 3 aromatic carbocycles. The first-order valence-corrected chi connectivity index (χ1v) is 11.8. The van der Waals surface area contributed by atoms with E-state index in [1.807, 2.05) is 55.5 Å². The van der Waals surface area contributed by atoms with Crippen LogP contribution >= 0.6 is 22.6 Å². The van der Waals surface area contributed by atoms with Crippen LogP contribution in [0.1, 0.15) is 22.9 Å². The molecule has 4 aromatic rings. The molecule has 2 N–H and O–H groups in total. The molecule has 152 valence electrons. The Balaban J connectivity index is 1.93. The molecule has 4 rings (SSSR count). The van der Waals surface area contributed by atoms with E-state index in [2.05, 4.69) is 27.6 Å². The minimum absolute atomic E-state index is 0.124. The maximum absolute atomic E-state index is 13.4. The highest BCUT2D eigenvalue weighted by molar-refractivity contribution is 14.1. The number of aryl methyl sites for hydroxylation is 1. The molecule has 0 spiro atoms. The summed E-state index contributed by atoms with van der Waals surface area (Å²) < 4.78 is 33.8. The van der Waals surface area contributed by atoms with Crippen molar-refractivity contribution in [1.82, 2.24) is 4.98 Å². The normalized spacial score (nSPS) is 12.6. The molecule has 1 heterocycles. The van der Waals surface area contributed by atoms with E-state index in [9.17, 15) is 8.42 Å². The summed E-state index contributed by atoms with van der Waals surface area (Å²) in [6.07, 6.45) is 0. The van der Waals surface area contributed by atoms with Crippen LogP contribution in [0.4, 0.5) is 0 Å². The smallest absolute Gasteiger partial charge is 0.227 e. The van der Waals surface area contributed by atoms with Crippen LogP contribution in [0.15, 0.2) is 93.2 Å². The van der Waals surface area contributed by atoms with E-state index in [-0.39, 0.29) is 21.6 Å². The SMILES string of the molecule is Cc1ccccc1-c1nc(S(=O)(=O)c2ccccc2)c(C(N)c2cccc(I)c2)o1. The Labute approximate surface area is 189 Å². The number of aromatic nitrogens is 1. The van der Waals surface area contributed by atoms with Crippen LogP contribution in [-0.4, -0.2) is 13.4 Å². The van der Waals surface area contributed by atoms with E-state index in [0.717, 1.165) is 20.3 Å². The van der Waals surface area contributed by atoms with Crippen LogP contribution < -0.4 is 5.73 Å². The lowest BCUT2D eigenvalue weighted by Gasteiger charge is -2.11. The predicted octanol–water partition coefficient (Wildman–Crippen LogP) is 5.14. The van der Waals surface area contributed by atoms with Crippen molar-refractivity contribution in [2.75, 3.05) is 0 Å². The lowest BCUT2D eigenvalue weighted by Crippen LogP contribution is -2.15. The third kappa shape index (κ3) is 3.92. The van der Waals surface area contributed by atoms with Crippen molar-refractivity contribution in [3.63, 3.8) is 0 Å². The Kier molecular flexibility index (Phi) is 5.77. The highest BCUT2D eigenvalue weighted by Gasteiger charge is 2.32. The molecular formula is C23H19IN2O3S. The number of nitrogens with zero attached hydrogens (tertiary/aromatic N) is 1. The van der Waals surface area contributed by atoms with Gasteiger partial charge in [-0.3, -0.25) is 0 Å². The summed E-state index contributed by atoms with van der Waals surface area (Å²) in [4.78, 5) is 4.57. The summed E-state index contributed by atoms with van der Waals surface area (Å²) in [6.45, 7) is 1.92. The van der Waals surface area contributed by atoms with Gasteiger partial charge in [-0.05, 0) is 71.0 Å². The summed E-state index contributed by atoms with van der Waals surface area (Å²) in [5, 5.41) is -0.154. The average molecular weight is 530 g/mol. The monoisotopic (exact) mass is 530 g/mol. The molecule has 1 atom stereocenters. The first kappa shape index (κ1) is 20.8. The lowest BCUT2D eigenvalue weighted by atomic mass is 10.1. The van der Waals surface area contributed by atoms with E-state index < -0.39 is 15.9 Å². The van der Waals surface area contributed by atoms with E-state index in [1.165, 1.54) is 12.1 Å². The standard InChI is InChI=1S/C23H19IN2O3S/c1-15-8-5-6-13-19(15)22-26-23(30(27,28)18-11-3-2-4-12-18)21(29-22)20(25)16-9-7-10-17(24)14-16/h2-14,20H,25H2,1H3. The first-order chi connectivity index (χ1) is 14.4. The number of benzene rings is 3. The van der Waals surface area contributed by atoms with Crippen molar-refractivity contribution < 1.29 is 12.8 Å². The topological polar surface area (TPSA) is 86.2 Å². The Morgan fingerprint density at radius 1 is 0.967 bits per heavy atom. The van der Waals surface area contributed by atoms with Gasteiger partial charge in [-0.1, -0.05) is 48.5 Å². The van der Waals surface area contributed by atoms with Gasteiger partial charge in [0.2, 0.25) is 20.8 Å². The van der Waals surface area contributed by atoms with E-state index in [4.69, 9.17) is 10.2 Å². The predicted molar refractivity (Wildman–Crippen MR) is 124 cm³/mol. The zero-order valence-electron chi connectivity index (χ0n) is 16.1. The minimum atomic E-state index is -3.92. The number of rotatable bonds is 5. The molecule has 0 bridgehead atoms. The summed E-state index contributed by atoms with van der Waals surface area (Å²) in [6, 6.07) is 22.5. The van der Waals surface area contributed by atoms with Crippen LogP contribution in [0.5, 0.6) is 0 Å². The van der Waals surface area contributed by atoms with Gasteiger partial charge in [0.05, 0.1) is 10.9 Å². The lowest BCUT2D eigenvalue weighted by molar-refractivity contribution is 0.487. The Morgan fingerprint density at radius 2 is 1.67 bits per heavy atom. The quantitative estimate of drug-likeness (QED) is 0.362. The van der Waals surface area contributed by atoms with Gasteiger partial charge in [0.1, 0.15) is 0 Å². The summed E-state index contributed by atoms with van der Waals surface area (Å²) in [7, 11) is -3.92. The van der Waals surface area contributed by atoms with Gasteiger partial charge in [-0.2, -0.15) is 4.98 Å². The van der Waals surface area contributed by atoms with Crippen molar-refractivity contribution in [2.45, 2.75) is 22.9 Å². The molecule has 0 aliphatic rings. The Hall–Kier alpha value is -2.49. The number of oxazole rings is 1. The zero-order valence-corrected chi connectivity index (χ0v) is 19.1. The van der Waals surface area contributed by atoms with Gasteiger partial charge in [-0.25, -0.2) is 8.42 Å². The number of hydrogen-bond donors (Lipinski definition) is 1. The summed E-state index contributed by atoms with van der Waals surface area (Å²) in [5.41, 5.74) is 8.89. The van der Waals surface area contributed by atoms with Gasteiger partial charge in [0, 0.05) is 9.13 Å². The largest absolute Gasteiger partial charge is 0.438 e. The van der Waals surface area contributed by atoms with Gasteiger partial charge >= 0.3 is 0 Å². The number of sulfone groups is 1. The van der Waals surface area contributed by atoms with Crippen molar-refractivity contribution >= 4 is 32.4 Å². The molecule has 30 heavy (non-hydrogen) atoms. The molecule has 0 amide bonds. The second-order valence-electron chi connectivity index (χ2n) is 6.85. The van der Waals surface area contributed by atoms with Crippen LogP contribution in [0.2, 0.25) is 0 Å². The maximum Gasteiger partial charge on any atom is 0.227 e. The van der Waals surface area contributed by atoms with Gasteiger partial charge in [0.25, 0.3) is 0 Å². The third-order valence-electron chi connectivity index (χ3n) is 4.79. The van der Waals surface area contributed by atoms with E-state index in [1.54, 1.807) is 18.2 Å². The second kappa shape index (κ2) is 8.33. The van der Waals surface area contributed by atoms with Crippen LogP contribution in [0.25, 0.3) is 11.5 Å². The van der Waals surface area contributed by atoms with E-state index in [0.29, 0.717) is 0 Å². The summed E-state index contributed by atoms with van der Waals surface area (Å²) >= 11 is 2.19. The number of hydrogen-bond acceptors (Lipinski definition) is 5. The molecule has 0 saturated carbocycles. The molecule has 1 aromatic heterocycles. The Morgan fingerprint density at radius 3 is 2.37 bits per heavy atom. The van der Waals surface area contributed by atoms with Crippen LogP contribution in [0, 0.1) is 10.5 Å². The molecular weight excluding hydrogens is 511 g/mol. The molecule has 7 heteroatoms. The average Bonchev–Trinajstić information content (AvgIpc) is 3.20. The number of halogens is 1. The van der Waals surface area contributed by atoms with Crippen molar-refractivity contribution in [3.8, 4) is 11.5 Å². The zero-order chi connectivity index (χ0) is 21.3. The molecule has 0 fully saturated rings. The van der Waals surface area contributed by atoms with Crippen molar-refractivity contribution in [3.05, 3.63) is 99.3 Å². The molecule has 0 aliphatic carbocycles. The maximum atomic E-state index is 13.4. The second-order valence-corrected chi connectivity index (χ2v) is 9.96. The molecule has 5 nitrogen and oxygen atoms in total. The van der Waals surface area contributed by atoms with Gasteiger partial charge < -0.3 is 10.2 Å². The van der Waals surface area contributed by atoms with Crippen molar-refractivity contribution in [1.29, 1.82) is 0 Å². The van der Waals surface area contributed by atoms with Crippen molar-refractivity contribution in [2.24, 2.45) is 5.73 Å². The van der Waals surface area contributed by atoms with Crippen LogP contribution in [-0.2, 0) is 9.84 Å². The van der Waals surface area contributed by atoms with Gasteiger partial charge in [-0.15, -0.1) is 0 Å². The first-order valence-electron chi connectivity index (χ1n) is 9.26. The molecule has 0 radical (unpaired) electrons. The Bertz CT molecular complexity index is 1300. The fourth-order valence-electron chi connectivity index (χ4n) is 3.20. The van der Waals surface area contributed by atoms with Crippen LogP contribution in [0.3, 0.4) is 0 Å². The van der Waals surface area contributed by atoms with Gasteiger partial charge in [0.15, 0.2) is 5.76 Å².